The van der Waals surface area contributed by atoms with Crippen LogP contribution >= 0.6 is 0 Å². The number of rotatable bonds is 3. The first kappa shape index (κ1) is 20.1. The van der Waals surface area contributed by atoms with Gasteiger partial charge in [0.05, 0.1) is 6.04 Å². The third-order valence-corrected chi connectivity index (χ3v) is 8.39. The summed E-state index contributed by atoms with van der Waals surface area (Å²) in [6.45, 7) is 1.90. The molecule has 0 bridgehead atoms. The molecule has 1 amide bonds. The summed E-state index contributed by atoms with van der Waals surface area (Å²) in [5, 5.41) is 0. The Labute approximate surface area is 182 Å². The van der Waals surface area contributed by atoms with Crippen molar-refractivity contribution in [1.29, 1.82) is 0 Å². The number of carbonyl (C=O) groups is 1. The lowest BCUT2D eigenvalue weighted by molar-refractivity contribution is -0.138. The molecule has 0 radical (unpaired) electrons. The first-order valence-electron chi connectivity index (χ1n) is 10.8. The van der Waals surface area contributed by atoms with Crippen molar-refractivity contribution in [3.8, 4) is 0 Å². The van der Waals surface area contributed by atoms with Gasteiger partial charge in [0.25, 0.3) is 6.01 Å². The van der Waals surface area contributed by atoms with Crippen molar-refractivity contribution in [3.05, 3.63) is 60.2 Å². The maximum atomic E-state index is 13.5. The van der Waals surface area contributed by atoms with E-state index in [0.29, 0.717) is 50.0 Å². The van der Waals surface area contributed by atoms with Crippen molar-refractivity contribution >= 4 is 38.4 Å². The van der Waals surface area contributed by atoms with Gasteiger partial charge in [0.1, 0.15) is 5.52 Å². The fraction of sp³-hybridized carbons (Fsp3) is 0.375. The SMILES string of the molecule is C=S1(=O)CCC(C(=O)N2CCN(c3nc4ccccc4o3)CC2c2ccccc2)CC1. The summed E-state index contributed by atoms with van der Waals surface area (Å²) in [4.78, 5) is 22.3. The maximum absolute atomic E-state index is 13.5. The Balaban J connectivity index is 1.41. The zero-order valence-electron chi connectivity index (χ0n) is 17.5. The van der Waals surface area contributed by atoms with Gasteiger partial charge in [-0.25, -0.2) is 0 Å². The molecular weight excluding hydrogens is 410 g/mol. The van der Waals surface area contributed by atoms with Crippen LogP contribution in [0, 0.1) is 5.92 Å². The highest BCUT2D eigenvalue weighted by molar-refractivity contribution is 8.00. The van der Waals surface area contributed by atoms with Crippen molar-refractivity contribution in [2.75, 3.05) is 36.0 Å². The highest BCUT2D eigenvalue weighted by Gasteiger charge is 2.37. The molecule has 1 aromatic heterocycles. The zero-order chi connectivity index (χ0) is 21.4. The molecule has 0 spiro atoms. The minimum Gasteiger partial charge on any atom is -0.423 e. The number of amides is 1. The predicted octanol–water partition coefficient (Wildman–Crippen LogP) is 3.34. The molecule has 1 unspecified atom stereocenters. The summed E-state index contributed by atoms with van der Waals surface area (Å²) in [6, 6.07) is 18.4. The first-order valence-corrected chi connectivity index (χ1v) is 12.9. The Bertz CT molecular complexity index is 1140. The molecule has 3 aromatic rings. The van der Waals surface area contributed by atoms with Crippen LogP contribution in [0.3, 0.4) is 0 Å². The van der Waals surface area contributed by atoms with Gasteiger partial charge >= 0.3 is 0 Å². The lowest BCUT2D eigenvalue weighted by Gasteiger charge is -2.43. The molecular formula is C24H27N3O3S. The third kappa shape index (κ3) is 4.06. The molecule has 2 aliphatic rings. The van der Waals surface area contributed by atoms with Gasteiger partial charge in [0, 0.05) is 37.1 Å². The molecule has 2 saturated heterocycles. The number of anilines is 1. The molecule has 2 aliphatic heterocycles. The number of aromatic nitrogens is 1. The van der Waals surface area contributed by atoms with Crippen molar-refractivity contribution in [2.45, 2.75) is 18.9 Å². The highest BCUT2D eigenvalue weighted by Crippen LogP contribution is 2.32. The van der Waals surface area contributed by atoms with Gasteiger partial charge in [-0.15, -0.1) is 0 Å². The van der Waals surface area contributed by atoms with Gasteiger partial charge in [0.2, 0.25) is 5.91 Å². The second-order valence-corrected chi connectivity index (χ2v) is 11.3. The summed E-state index contributed by atoms with van der Waals surface area (Å²) in [7, 11) is -2.00. The molecule has 7 heteroatoms. The van der Waals surface area contributed by atoms with Gasteiger partial charge in [0.15, 0.2) is 5.58 Å². The van der Waals surface area contributed by atoms with Gasteiger partial charge in [-0.3, -0.25) is 9.00 Å². The van der Waals surface area contributed by atoms with Crippen LogP contribution in [0.4, 0.5) is 6.01 Å². The normalized spacial score (nSPS) is 26.8. The molecule has 2 fully saturated rings. The number of piperazine rings is 1. The summed E-state index contributed by atoms with van der Waals surface area (Å²) in [5.74, 6) is 5.02. The lowest BCUT2D eigenvalue weighted by Crippen LogP contribution is -2.53. The third-order valence-electron chi connectivity index (χ3n) is 6.43. The Morgan fingerprint density at radius 1 is 1.03 bits per heavy atom. The van der Waals surface area contributed by atoms with Crippen LogP contribution in [0.2, 0.25) is 0 Å². The fourth-order valence-electron chi connectivity index (χ4n) is 4.62. The van der Waals surface area contributed by atoms with Crippen LogP contribution in [0.25, 0.3) is 11.1 Å². The Kier molecular flexibility index (Phi) is 5.22. The van der Waals surface area contributed by atoms with E-state index in [1.807, 2.05) is 47.4 Å². The number of benzene rings is 2. The lowest BCUT2D eigenvalue weighted by atomic mass is 9.96. The summed E-state index contributed by atoms with van der Waals surface area (Å²) in [5.41, 5.74) is 2.71. The molecule has 6 nitrogen and oxygen atoms in total. The largest absolute Gasteiger partial charge is 0.423 e. The standard InChI is InChI=1S/C24H27N3O3S/c1-31(29)15-11-19(12-16-31)23(28)27-14-13-26(17-21(27)18-7-3-2-4-8-18)24-25-20-9-5-6-10-22(20)30-24/h2-10,19,21H,1,11-17H2. The van der Waals surface area contributed by atoms with E-state index in [0.717, 1.165) is 16.7 Å². The molecule has 3 heterocycles. The molecule has 2 aromatic carbocycles. The van der Waals surface area contributed by atoms with Crippen LogP contribution in [-0.4, -0.2) is 57.0 Å². The van der Waals surface area contributed by atoms with Crippen molar-refractivity contribution in [3.63, 3.8) is 0 Å². The second kappa shape index (κ2) is 8.04. The number of nitrogens with zero attached hydrogens (tertiary/aromatic N) is 3. The molecule has 162 valence electrons. The molecule has 5 rings (SSSR count). The predicted molar refractivity (Wildman–Crippen MR) is 125 cm³/mol. The zero-order valence-corrected chi connectivity index (χ0v) is 18.3. The number of fused-ring (bicyclic) bond motifs is 1. The summed E-state index contributed by atoms with van der Waals surface area (Å²) < 4.78 is 18.2. The molecule has 0 saturated carbocycles. The molecule has 31 heavy (non-hydrogen) atoms. The van der Waals surface area contributed by atoms with E-state index in [1.54, 1.807) is 0 Å². The average molecular weight is 438 g/mol. The van der Waals surface area contributed by atoms with E-state index < -0.39 is 9.52 Å². The first-order chi connectivity index (χ1) is 15.0. The smallest absolute Gasteiger partial charge is 0.298 e. The van der Waals surface area contributed by atoms with E-state index in [4.69, 9.17) is 4.42 Å². The van der Waals surface area contributed by atoms with Crippen molar-refractivity contribution in [2.24, 2.45) is 5.92 Å². The number of para-hydroxylation sites is 2. The van der Waals surface area contributed by atoms with Crippen molar-refractivity contribution < 1.29 is 13.4 Å². The van der Waals surface area contributed by atoms with Gasteiger partial charge < -0.3 is 14.2 Å². The summed E-state index contributed by atoms with van der Waals surface area (Å²) >= 11 is 0. The fourth-order valence-corrected chi connectivity index (χ4v) is 6.25. The molecule has 0 N–H and O–H groups in total. The highest BCUT2D eigenvalue weighted by atomic mass is 32.2. The van der Waals surface area contributed by atoms with Crippen LogP contribution in [-0.2, 0) is 14.3 Å². The van der Waals surface area contributed by atoms with Crippen LogP contribution in [0.15, 0.2) is 59.0 Å². The Hall–Kier alpha value is -2.80. The van der Waals surface area contributed by atoms with Gasteiger partial charge in [-0.05, 0) is 45.9 Å². The van der Waals surface area contributed by atoms with Crippen LogP contribution in [0.5, 0.6) is 0 Å². The average Bonchev–Trinajstić information content (AvgIpc) is 3.23. The van der Waals surface area contributed by atoms with E-state index in [1.165, 1.54) is 0 Å². The van der Waals surface area contributed by atoms with Gasteiger partial charge in [-0.2, -0.15) is 4.98 Å². The topological polar surface area (TPSA) is 66.7 Å². The Morgan fingerprint density at radius 3 is 2.48 bits per heavy atom. The molecule has 0 aliphatic carbocycles. The number of hydrogen-bond donors (Lipinski definition) is 0. The van der Waals surface area contributed by atoms with Crippen LogP contribution in [0.1, 0.15) is 24.4 Å². The minimum absolute atomic E-state index is 0.0709. The number of carbonyl (C=O) groups excluding carboxylic acids is 1. The Morgan fingerprint density at radius 2 is 1.74 bits per heavy atom. The summed E-state index contributed by atoms with van der Waals surface area (Å²) in [6.07, 6.45) is 1.32. The van der Waals surface area contributed by atoms with E-state index in [-0.39, 0.29) is 17.9 Å². The van der Waals surface area contributed by atoms with E-state index in [9.17, 15) is 9.00 Å². The monoisotopic (exact) mass is 437 g/mol. The maximum Gasteiger partial charge on any atom is 0.298 e. The molecule has 1 atom stereocenters. The van der Waals surface area contributed by atoms with Crippen LogP contribution < -0.4 is 4.90 Å². The second-order valence-electron chi connectivity index (χ2n) is 8.52. The van der Waals surface area contributed by atoms with Crippen molar-refractivity contribution in [1.82, 2.24) is 9.88 Å². The van der Waals surface area contributed by atoms with E-state index in [2.05, 4.69) is 27.9 Å². The number of hydrogen-bond acceptors (Lipinski definition) is 5. The van der Waals surface area contributed by atoms with E-state index >= 15 is 0 Å². The number of oxazole rings is 1. The quantitative estimate of drug-likeness (QED) is 0.588. The van der Waals surface area contributed by atoms with Gasteiger partial charge in [-0.1, -0.05) is 42.5 Å². The minimum atomic E-state index is -2.00.